The van der Waals surface area contributed by atoms with Crippen molar-refractivity contribution in [3.05, 3.63) is 95.6 Å². The Morgan fingerprint density at radius 1 is 0.914 bits per heavy atom. The van der Waals surface area contributed by atoms with Crippen molar-refractivity contribution in [2.75, 3.05) is 11.9 Å². The molecule has 184 valence electrons. The van der Waals surface area contributed by atoms with Gasteiger partial charge < -0.3 is 10.1 Å². The molecular formula is C27H30N2O5S. The fourth-order valence-electron chi connectivity index (χ4n) is 3.32. The summed E-state index contributed by atoms with van der Waals surface area (Å²) in [6, 6.07) is 20.8. The van der Waals surface area contributed by atoms with Gasteiger partial charge in [0.15, 0.2) is 0 Å². The second-order valence-corrected chi connectivity index (χ2v) is 9.95. The van der Waals surface area contributed by atoms with Crippen molar-refractivity contribution >= 4 is 27.6 Å². The topological polar surface area (TPSA) is 102 Å². The van der Waals surface area contributed by atoms with E-state index in [0.29, 0.717) is 17.9 Å². The smallest absolute Gasteiger partial charge is 0.338 e. The number of anilines is 1. The number of ether oxygens (including phenoxy) is 1. The van der Waals surface area contributed by atoms with E-state index in [4.69, 9.17) is 4.74 Å². The van der Waals surface area contributed by atoms with E-state index >= 15 is 0 Å². The predicted molar refractivity (Wildman–Crippen MR) is 136 cm³/mol. The van der Waals surface area contributed by atoms with Crippen LogP contribution in [0.5, 0.6) is 0 Å². The van der Waals surface area contributed by atoms with Crippen molar-refractivity contribution in [3.8, 4) is 0 Å². The lowest BCUT2D eigenvalue weighted by Gasteiger charge is -2.19. The maximum absolute atomic E-state index is 13.1. The molecule has 0 aliphatic carbocycles. The van der Waals surface area contributed by atoms with Crippen LogP contribution in [0.15, 0.2) is 83.8 Å². The molecule has 2 N–H and O–H groups in total. The molecule has 3 rings (SSSR count). The number of hydrogen-bond donors (Lipinski definition) is 2. The Bertz CT molecular complexity index is 1220. The molecule has 8 heteroatoms. The first-order valence-corrected chi connectivity index (χ1v) is 13.0. The summed E-state index contributed by atoms with van der Waals surface area (Å²) >= 11 is 0. The third-order valence-corrected chi connectivity index (χ3v) is 6.83. The molecule has 0 saturated carbocycles. The van der Waals surface area contributed by atoms with E-state index in [2.05, 4.69) is 10.0 Å². The Balaban J connectivity index is 1.75. The molecule has 0 fully saturated rings. The summed E-state index contributed by atoms with van der Waals surface area (Å²) in [5.41, 5.74) is 2.55. The quantitative estimate of drug-likeness (QED) is 0.302. The molecule has 0 unspecified atom stereocenters. The van der Waals surface area contributed by atoms with E-state index < -0.39 is 27.9 Å². The van der Waals surface area contributed by atoms with Gasteiger partial charge in [0.25, 0.3) is 0 Å². The SMILES string of the molecule is CCCCOC(=O)c1ccc(NC(=O)[C@H](Cc2ccccc2)NS(=O)(=O)c2ccc(C)cc2)cc1. The number of rotatable bonds is 11. The van der Waals surface area contributed by atoms with Gasteiger partial charge in [0.1, 0.15) is 6.04 Å². The average molecular weight is 495 g/mol. The van der Waals surface area contributed by atoms with Gasteiger partial charge in [-0.15, -0.1) is 0 Å². The molecule has 0 radical (unpaired) electrons. The van der Waals surface area contributed by atoms with Crippen LogP contribution in [0.2, 0.25) is 0 Å². The first kappa shape index (κ1) is 26.1. The van der Waals surface area contributed by atoms with Crippen LogP contribution in [0.1, 0.15) is 41.3 Å². The number of sulfonamides is 1. The molecule has 0 aliphatic heterocycles. The van der Waals surface area contributed by atoms with E-state index in [1.165, 1.54) is 12.1 Å². The third-order valence-electron chi connectivity index (χ3n) is 5.35. The van der Waals surface area contributed by atoms with Crippen LogP contribution in [-0.4, -0.2) is 32.9 Å². The van der Waals surface area contributed by atoms with E-state index in [0.717, 1.165) is 24.0 Å². The minimum Gasteiger partial charge on any atom is -0.462 e. The van der Waals surface area contributed by atoms with E-state index in [1.807, 2.05) is 44.2 Å². The highest BCUT2D eigenvalue weighted by atomic mass is 32.2. The van der Waals surface area contributed by atoms with Crippen LogP contribution in [-0.2, 0) is 26.0 Å². The van der Waals surface area contributed by atoms with Gasteiger partial charge in [-0.25, -0.2) is 13.2 Å². The number of esters is 1. The Morgan fingerprint density at radius 2 is 1.57 bits per heavy atom. The third kappa shape index (κ3) is 7.77. The lowest BCUT2D eigenvalue weighted by atomic mass is 10.1. The van der Waals surface area contributed by atoms with Crippen LogP contribution >= 0.6 is 0 Å². The van der Waals surface area contributed by atoms with Gasteiger partial charge in [-0.1, -0.05) is 61.4 Å². The van der Waals surface area contributed by atoms with E-state index in [1.54, 1.807) is 36.4 Å². The minimum absolute atomic E-state index is 0.0832. The van der Waals surface area contributed by atoms with Crippen molar-refractivity contribution in [1.29, 1.82) is 0 Å². The zero-order valence-corrected chi connectivity index (χ0v) is 20.7. The van der Waals surface area contributed by atoms with Gasteiger partial charge in [0.05, 0.1) is 17.1 Å². The largest absolute Gasteiger partial charge is 0.462 e. The van der Waals surface area contributed by atoms with Crippen LogP contribution in [0.25, 0.3) is 0 Å². The molecule has 0 heterocycles. The summed E-state index contributed by atoms with van der Waals surface area (Å²) in [4.78, 5) is 25.3. The van der Waals surface area contributed by atoms with Crippen molar-refractivity contribution < 1.29 is 22.7 Å². The second-order valence-electron chi connectivity index (χ2n) is 8.23. The molecular weight excluding hydrogens is 464 g/mol. The fraction of sp³-hybridized carbons (Fsp3) is 0.259. The Kier molecular flexibility index (Phi) is 9.17. The van der Waals surface area contributed by atoms with Gasteiger partial charge in [0, 0.05) is 5.69 Å². The van der Waals surface area contributed by atoms with Gasteiger partial charge in [0.2, 0.25) is 15.9 Å². The summed E-state index contributed by atoms with van der Waals surface area (Å²) < 4.78 is 33.7. The molecule has 1 atom stereocenters. The summed E-state index contributed by atoms with van der Waals surface area (Å²) in [6.45, 7) is 4.24. The molecule has 3 aromatic rings. The van der Waals surface area contributed by atoms with Crippen molar-refractivity contribution in [2.45, 2.75) is 44.0 Å². The number of amides is 1. The monoisotopic (exact) mass is 494 g/mol. The fourth-order valence-corrected chi connectivity index (χ4v) is 4.52. The summed E-state index contributed by atoms with van der Waals surface area (Å²) in [7, 11) is -3.93. The Labute approximate surface area is 206 Å². The molecule has 35 heavy (non-hydrogen) atoms. The number of aryl methyl sites for hydroxylation is 1. The molecule has 0 spiro atoms. The number of nitrogens with one attached hydrogen (secondary N) is 2. The first-order chi connectivity index (χ1) is 16.8. The van der Waals surface area contributed by atoms with Crippen molar-refractivity contribution in [3.63, 3.8) is 0 Å². The first-order valence-electron chi connectivity index (χ1n) is 11.5. The lowest BCUT2D eigenvalue weighted by Crippen LogP contribution is -2.45. The molecule has 7 nitrogen and oxygen atoms in total. The van der Waals surface area contributed by atoms with Gasteiger partial charge >= 0.3 is 5.97 Å². The van der Waals surface area contributed by atoms with Crippen LogP contribution in [0, 0.1) is 6.92 Å². The van der Waals surface area contributed by atoms with Gasteiger partial charge in [-0.3, -0.25) is 4.79 Å². The molecule has 0 aromatic heterocycles. The summed E-state index contributed by atoms with van der Waals surface area (Å²) in [5, 5.41) is 2.75. The van der Waals surface area contributed by atoms with Crippen LogP contribution < -0.4 is 10.0 Å². The van der Waals surface area contributed by atoms with Crippen LogP contribution in [0.4, 0.5) is 5.69 Å². The van der Waals surface area contributed by atoms with Gasteiger partial charge in [-0.05, 0) is 61.7 Å². The van der Waals surface area contributed by atoms with Gasteiger partial charge in [-0.2, -0.15) is 4.72 Å². The standard InChI is InChI=1S/C27H30N2O5S/c1-3-4-18-34-27(31)22-12-14-23(15-13-22)28-26(30)25(19-21-8-6-5-7-9-21)29-35(32,33)24-16-10-20(2)11-17-24/h5-17,25,29H,3-4,18-19H2,1-2H3,(H,28,30)/t25-/m0/s1. The van der Waals surface area contributed by atoms with Crippen molar-refractivity contribution in [1.82, 2.24) is 4.72 Å². The van der Waals surface area contributed by atoms with E-state index in [-0.39, 0.29) is 11.3 Å². The number of benzene rings is 3. The Hall–Kier alpha value is -3.49. The summed E-state index contributed by atoms with van der Waals surface area (Å²) in [6.07, 6.45) is 1.89. The van der Waals surface area contributed by atoms with Crippen LogP contribution in [0.3, 0.4) is 0 Å². The molecule has 1 amide bonds. The molecule has 0 saturated heterocycles. The zero-order chi connectivity index (χ0) is 25.3. The highest BCUT2D eigenvalue weighted by molar-refractivity contribution is 7.89. The number of hydrogen-bond acceptors (Lipinski definition) is 5. The highest BCUT2D eigenvalue weighted by Crippen LogP contribution is 2.15. The van der Waals surface area contributed by atoms with Crippen molar-refractivity contribution in [2.24, 2.45) is 0 Å². The molecule has 3 aromatic carbocycles. The maximum atomic E-state index is 13.1. The lowest BCUT2D eigenvalue weighted by molar-refractivity contribution is -0.117. The van der Waals surface area contributed by atoms with E-state index in [9.17, 15) is 18.0 Å². The zero-order valence-electron chi connectivity index (χ0n) is 19.9. The molecule has 0 aliphatic rings. The highest BCUT2D eigenvalue weighted by Gasteiger charge is 2.26. The molecule has 0 bridgehead atoms. The Morgan fingerprint density at radius 3 is 2.20 bits per heavy atom. The maximum Gasteiger partial charge on any atom is 0.338 e. The second kappa shape index (κ2) is 12.3. The predicted octanol–water partition coefficient (Wildman–Crippen LogP) is 4.48. The minimum atomic E-state index is -3.93. The normalized spacial score (nSPS) is 12.1. The number of unbranched alkanes of at least 4 members (excludes halogenated alkanes) is 1. The number of carbonyl (C=O) groups excluding carboxylic acids is 2. The average Bonchev–Trinajstić information content (AvgIpc) is 2.85. The number of carbonyl (C=O) groups is 2. The summed E-state index contributed by atoms with van der Waals surface area (Å²) in [5.74, 6) is -0.938.